The molecule has 78 valence electrons. The van der Waals surface area contributed by atoms with Crippen LogP contribution in [0.15, 0.2) is 12.4 Å². The minimum Gasteiger partial charge on any atom is -0.465 e. The smallest absolute Gasteiger partial charge is 0.404 e. The molecule has 0 aromatic carbocycles. The summed E-state index contributed by atoms with van der Waals surface area (Å²) >= 11 is 0. The lowest BCUT2D eigenvalue weighted by molar-refractivity contribution is 0.107. The topological polar surface area (TPSA) is 100 Å². The van der Waals surface area contributed by atoms with Crippen molar-refractivity contribution in [3.63, 3.8) is 0 Å². The highest BCUT2D eigenvalue weighted by Crippen LogP contribution is 1.96. The molecule has 0 aliphatic rings. The average molecular weight is 200 g/mol. The molecule has 0 spiro atoms. The molecule has 0 aliphatic heterocycles. The maximum atomic E-state index is 10.3. The summed E-state index contributed by atoms with van der Waals surface area (Å²) in [5.74, 6) is 0. The van der Waals surface area contributed by atoms with Crippen molar-refractivity contribution in [2.45, 2.75) is 25.6 Å². The van der Waals surface area contributed by atoms with Gasteiger partial charge in [-0.15, -0.1) is 5.10 Å². The number of carboxylic acid groups (broad SMARTS) is 1. The number of hydrogen-bond acceptors (Lipinski definition) is 4. The summed E-state index contributed by atoms with van der Waals surface area (Å²) in [7, 11) is 0. The van der Waals surface area contributed by atoms with E-state index in [1.54, 1.807) is 13.1 Å². The molecule has 1 rings (SSSR count). The summed E-state index contributed by atoms with van der Waals surface area (Å²) < 4.78 is 1.44. The first-order valence-electron chi connectivity index (χ1n) is 4.11. The van der Waals surface area contributed by atoms with E-state index in [0.29, 0.717) is 0 Å². The molecule has 2 atom stereocenters. The SMILES string of the molecule is C[C@H](NC(=O)O)C(O)Cn1ccnn1. The van der Waals surface area contributed by atoms with Gasteiger partial charge in [0.15, 0.2) is 0 Å². The maximum Gasteiger partial charge on any atom is 0.404 e. The van der Waals surface area contributed by atoms with E-state index >= 15 is 0 Å². The Morgan fingerprint density at radius 3 is 2.93 bits per heavy atom. The number of rotatable bonds is 4. The Morgan fingerprint density at radius 1 is 1.71 bits per heavy atom. The fourth-order valence-corrected chi connectivity index (χ4v) is 0.971. The summed E-state index contributed by atoms with van der Waals surface area (Å²) in [5, 5.41) is 27.3. The first-order chi connectivity index (χ1) is 6.59. The van der Waals surface area contributed by atoms with Crippen LogP contribution in [0.5, 0.6) is 0 Å². The van der Waals surface area contributed by atoms with Gasteiger partial charge >= 0.3 is 6.09 Å². The van der Waals surface area contributed by atoms with E-state index in [4.69, 9.17) is 5.11 Å². The maximum absolute atomic E-state index is 10.3. The molecular weight excluding hydrogens is 188 g/mol. The molecule has 1 aromatic heterocycles. The summed E-state index contributed by atoms with van der Waals surface area (Å²) in [4.78, 5) is 10.3. The van der Waals surface area contributed by atoms with Crippen LogP contribution in [-0.4, -0.2) is 43.4 Å². The van der Waals surface area contributed by atoms with Crippen LogP contribution in [0.2, 0.25) is 0 Å². The molecule has 0 radical (unpaired) electrons. The Bertz CT molecular complexity index is 287. The zero-order chi connectivity index (χ0) is 10.6. The highest BCUT2D eigenvalue weighted by atomic mass is 16.4. The summed E-state index contributed by atoms with van der Waals surface area (Å²) in [6.07, 6.45) is 1.10. The number of nitrogens with one attached hydrogen (secondary N) is 1. The molecule has 1 aromatic rings. The van der Waals surface area contributed by atoms with Crippen LogP contribution in [0.4, 0.5) is 4.79 Å². The standard InChI is InChI=1S/C7H12N4O3/c1-5(9-7(13)14)6(12)4-11-3-2-8-10-11/h2-3,5-6,9,12H,4H2,1H3,(H,13,14)/t5-,6?/m0/s1. The third-order valence-electron chi connectivity index (χ3n) is 1.77. The third-order valence-corrected chi connectivity index (χ3v) is 1.77. The predicted molar refractivity (Wildman–Crippen MR) is 46.7 cm³/mol. The Morgan fingerprint density at radius 2 is 2.43 bits per heavy atom. The van der Waals surface area contributed by atoms with Gasteiger partial charge in [0.25, 0.3) is 0 Å². The van der Waals surface area contributed by atoms with Crippen LogP contribution in [0, 0.1) is 0 Å². The molecule has 7 nitrogen and oxygen atoms in total. The highest BCUT2D eigenvalue weighted by molar-refractivity contribution is 5.64. The molecule has 0 saturated heterocycles. The van der Waals surface area contributed by atoms with Gasteiger partial charge in [-0.05, 0) is 6.92 Å². The van der Waals surface area contributed by atoms with Gasteiger partial charge < -0.3 is 15.5 Å². The fraction of sp³-hybridized carbons (Fsp3) is 0.571. The number of hydrogen-bond donors (Lipinski definition) is 3. The Kier molecular flexibility index (Phi) is 3.41. The Balaban J connectivity index is 2.41. The van der Waals surface area contributed by atoms with E-state index < -0.39 is 18.2 Å². The normalized spacial score (nSPS) is 14.7. The van der Waals surface area contributed by atoms with Crippen molar-refractivity contribution < 1.29 is 15.0 Å². The second kappa shape index (κ2) is 4.56. The quantitative estimate of drug-likeness (QED) is 0.596. The second-order valence-corrected chi connectivity index (χ2v) is 2.93. The Hall–Kier alpha value is -1.63. The minimum atomic E-state index is -1.16. The van der Waals surface area contributed by atoms with Gasteiger partial charge in [-0.2, -0.15) is 0 Å². The molecule has 1 amide bonds. The van der Waals surface area contributed by atoms with E-state index in [2.05, 4.69) is 15.6 Å². The molecular formula is C7H12N4O3. The van der Waals surface area contributed by atoms with Crippen LogP contribution in [0.1, 0.15) is 6.92 Å². The number of carbonyl (C=O) groups is 1. The van der Waals surface area contributed by atoms with Gasteiger partial charge in [0, 0.05) is 6.20 Å². The Labute approximate surface area is 80.4 Å². The van der Waals surface area contributed by atoms with Crippen LogP contribution >= 0.6 is 0 Å². The number of aromatic nitrogens is 3. The van der Waals surface area contributed by atoms with Gasteiger partial charge in [0.1, 0.15) is 0 Å². The number of aliphatic hydroxyl groups excluding tert-OH is 1. The van der Waals surface area contributed by atoms with E-state index in [1.807, 2.05) is 0 Å². The zero-order valence-corrected chi connectivity index (χ0v) is 7.66. The molecule has 0 bridgehead atoms. The second-order valence-electron chi connectivity index (χ2n) is 2.93. The molecule has 1 heterocycles. The highest BCUT2D eigenvalue weighted by Gasteiger charge is 2.16. The van der Waals surface area contributed by atoms with Gasteiger partial charge in [-0.3, -0.25) is 0 Å². The molecule has 1 unspecified atom stereocenters. The lowest BCUT2D eigenvalue weighted by atomic mass is 10.2. The minimum absolute atomic E-state index is 0.210. The lowest BCUT2D eigenvalue weighted by Crippen LogP contribution is -2.42. The van der Waals surface area contributed by atoms with Gasteiger partial charge in [0.05, 0.1) is 24.9 Å². The average Bonchev–Trinajstić information content (AvgIpc) is 2.55. The van der Waals surface area contributed by atoms with Crippen molar-refractivity contribution in [1.29, 1.82) is 0 Å². The van der Waals surface area contributed by atoms with Crippen molar-refractivity contribution in [1.82, 2.24) is 20.3 Å². The monoisotopic (exact) mass is 200 g/mol. The number of aliphatic hydroxyl groups is 1. The fourth-order valence-electron chi connectivity index (χ4n) is 0.971. The van der Waals surface area contributed by atoms with E-state index in [1.165, 1.54) is 10.9 Å². The van der Waals surface area contributed by atoms with Crippen LogP contribution in [0.3, 0.4) is 0 Å². The van der Waals surface area contributed by atoms with E-state index in [9.17, 15) is 9.90 Å². The largest absolute Gasteiger partial charge is 0.465 e. The van der Waals surface area contributed by atoms with Gasteiger partial charge in [-0.25, -0.2) is 9.48 Å². The summed E-state index contributed by atoms with van der Waals surface area (Å²) in [6, 6.07) is -0.545. The number of nitrogens with zero attached hydrogens (tertiary/aromatic N) is 3. The van der Waals surface area contributed by atoms with Crippen LogP contribution < -0.4 is 5.32 Å². The van der Waals surface area contributed by atoms with Crippen molar-refractivity contribution >= 4 is 6.09 Å². The molecule has 0 aliphatic carbocycles. The van der Waals surface area contributed by atoms with E-state index in [0.717, 1.165) is 0 Å². The first-order valence-corrected chi connectivity index (χ1v) is 4.11. The van der Waals surface area contributed by atoms with Crippen LogP contribution in [-0.2, 0) is 6.54 Å². The van der Waals surface area contributed by atoms with Crippen molar-refractivity contribution in [2.24, 2.45) is 0 Å². The zero-order valence-electron chi connectivity index (χ0n) is 7.66. The molecule has 3 N–H and O–H groups in total. The summed E-state index contributed by atoms with van der Waals surface area (Å²) in [5.41, 5.74) is 0. The molecule has 0 fully saturated rings. The van der Waals surface area contributed by atoms with Crippen molar-refractivity contribution in [3.8, 4) is 0 Å². The summed E-state index contributed by atoms with van der Waals surface area (Å²) in [6.45, 7) is 1.79. The predicted octanol–water partition coefficient (Wildman–Crippen LogP) is -0.705. The van der Waals surface area contributed by atoms with Gasteiger partial charge in [0.2, 0.25) is 0 Å². The molecule has 0 saturated carbocycles. The van der Waals surface area contributed by atoms with Gasteiger partial charge in [-0.1, -0.05) is 5.21 Å². The third kappa shape index (κ3) is 3.02. The first kappa shape index (κ1) is 10.5. The van der Waals surface area contributed by atoms with Crippen molar-refractivity contribution in [3.05, 3.63) is 12.4 Å². The number of amides is 1. The van der Waals surface area contributed by atoms with Crippen LogP contribution in [0.25, 0.3) is 0 Å². The van der Waals surface area contributed by atoms with E-state index in [-0.39, 0.29) is 6.54 Å². The lowest BCUT2D eigenvalue weighted by Gasteiger charge is -2.17. The van der Waals surface area contributed by atoms with Crippen molar-refractivity contribution in [2.75, 3.05) is 0 Å². The molecule has 14 heavy (non-hydrogen) atoms. The molecule has 7 heteroatoms.